The first-order chi connectivity index (χ1) is 22.3. The molecular formula is C44H37N. The van der Waals surface area contributed by atoms with Crippen molar-refractivity contribution < 1.29 is 0 Å². The molecule has 6 aromatic carbocycles. The number of anilines is 3. The Balaban J connectivity index is 1.28. The molecule has 0 atom stereocenters. The van der Waals surface area contributed by atoms with Crippen LogP contribution in [0.15, 0.2) is 140 Å². The Morgan fingerprint density at radius 3 is 1.96 bits per heavy atom. The molecule has 0 aliphatic heterocycles. The number of nitrogens with zero attached hydrogens (tertiary/aromatic N) is 1. The summed E-state index contributed by atoms with van der Waals surface area (Å²) in [4.78, 5) is 2.62. The van der Waals surface area contributed by atoms with Crippen LogP contribution in [0.3, 0.4) is 0 Å². The summed E-state index contributed by atoms with van der Waals surface area (Å²) in [5.41, 5.74) is 12.5. The number of hydrogen-bond donors (Lipinski definition) is 0. The molecule has 4 saturated carbocycles. The Labute approximate surface area is 266 Å². The molecule has 0 radical (unpaired) electrons. The van der Waals surface area contributed by atoms with Crippen molar-refractivity contribution in [2.75, 3.05) is 4.90 Å². The summed E-state index contributed by atoms with van der Waals surface area (Å²) in [7, 11) is 0. The van der Waals surface area contributed by atoms with Gasteiger partial charge in [0.2, 0.25) is 0 Å². The van der Waals surface area contributed by atoms with Crippen LogP contribution >= 0.6 is 0 Å². The van der Waals surface area contributed by atoms with Crippen molar-refractivity contribution in [1.82, 2.24) is 0 Å². The minimum Gasteiger partial charge on any atom is -0.310 e. The van der Waals surface area contributed by atoms with E-state index in [1.165, 1.54) is 82.2 Å². The first-order valence-electron chi connectivity index (χ1n) is 17.0. The molecule has 0 heterocycles. The van der Waals surface area contributed by atoms with Gasteiger partial charge in [-0.1, -0.05) is 115 Å². The van der Waals surface area contributed by atoms with Gasteiger partial charge in [-0.15, -0.1) is 0 Å². The van der Waals surface area contributed by atoms with Gasteiger partial charge >= 0.3 is 0 Å². The van der Waals surface area contributed by atoms with E-state index in [2.05, 4.69) is 144 Å². The Kier molecular flexibility index (Phi) is 5.53. The van der Waals surface area contributed by atoms with Crippen LogP contribution in [0.5, 0.6) is 0 Å². The fourth-order valence-corrected chi connectivity index (χ4v) is 10.6. The van der Waals surface area contributed by atoms with Gasteiger partial charge in [0.15, 0.2) is 0 Å². The standard InChI is InChI=1S/C44H37N/c1-2-11-31(12-3-1)33-15-8-16-36(28-33)45(41-21-9-14-32-13-4-5-17-37(32)41)42-22-10-19-39-38-18-6-7-20-40(38)44(43(39)42)34-24-29-23-30(26-34)27-35(44)25-29/h1-22,28-30,34-35H,23-27H2. The van der Waals surface area contributed by atoms with E-state index in [4.69, 9.17) is 0 Å². The Bertz CT molecular complexity index is 2060. The van der Waals surface area contributed by atoms with E-state index >= 15 is 0 Å². The number of rotatable bonds is 4. The van der Waals surface area contributed by atoms with E-state index < -0.39 is 0 Å². The predicted molar refractivity (Wildman–Crippen MR) is 187 cm³/mol. The molecule has 5 aliphatic carbocycles. The summed E-state index contributed by atoms with van der Waals surface area (Å²) in [6, 6.07) is 52.4. The summed E-state index contributed by atoms with van der Waals surface area (Å²) >= 11 is 0. The highest BCUT2D eigenvalue weighted by molar-refractivity contribution is 6.01. The van der Waals surface area contributed by atoms with Crippen LogP contribution in [0.2, 0.25) is 0 Å². The first-order valence-corrected chi connectivity index (χ1v) is 17.0. The zero-order valence-electron chi connectivity index (χ0n) is 25.6. The quantitative estimate of drug-likeness (QED) is 0.201. The van der Waals surface area contributed by atoms with Crippen molar-refractivity contribution in [3.8, 4) is 22.3 Å². The van der Waals surface area contributed by atoms with Gasteiger partial charge in [0, 0.05) is 16.5 Å². The van der Waals surface area contributed by atoms with Crippen LogP contribution in [-0.2, 0) is 5.41 Å². The van der Waals surface area contributed by atoms with Gasteiger partial charge in [-0.2, -0.15) is 0 Å². The van der Waals surface area contributed by atoms with Gasteiger partial charge in [0.25, 0.3) is 0 Å². The lowest BCUT2D eigenvalue weighted by Crippen LogP contribution is -2.55. The monoisotopic (exact) mass is 579 g/mol. The lowest BCUT2D eigenvalue weighted by Gasteiger charge is -2.61. The molecule has 4 bridgehead atoms. The summed E-state index contributed by atoms with van der Waals surface area (Å²) in [5.74, 6) is 3.25. The van der Waals surface area contributed by atoms with Crippen molar-refractivity contribution in [2.24, 2.45) is 23.7 Å². The van der Waals surface area contributed by atoms with E-state index in [1.807, 2.05) is 0 Å². The molecule has 218 valence electrons. The van der Waals surface area contributed by atoms with Gasteiger partial charge in [-0.05, 0) is 119 Å². The molecule has 1 spiro atoms. The van der Waals surface area contributed by atoms with Gasteiger partial charge in [0.1, 0.15) is 0 Å². The molecule has 4 fully saturated rings. The van der Waals surface area contributed by atoms with Crippen molar-refractivity contribution in [2.45, 2.75) is 37.5 Å². The van der Waals surface area contributed by atoms with E-state index in [-0.39, 0.29) is 5.41 Å². The molecule has 0 saturated heterocycles. The van der Waals surface area contributed by atoms with Crippen molar-refractivity contribution in [1.29, 1.82) is 0 Å². The van der Waals surface area contributed by atoms with Gasteiger partial charge in [0.05, 0.1) is 11.4 Å². The molecule has 6 aromatic rings. The third-order valence-electron chi connectivity index (χ3n) is 12.0. The van der Waals surface area contributed by atoms with E-state index in [0.717, 1.165) is 11.8 Å². The maximum absolute atomic E-state index is 2.62. The first kappa shape index (κ1) is 25.7. The summed E-state index contributed by atoms with van der Waals surface area (Å²) in [6.45, 7) is 0. The highest BCUT2D eigenvalue weighted by atomic mass is 15.1. The second-order valence-corrected chi connectivity index (χ2v) is 14.2. The highest BCUT2D eigenvalue weighted by Crippen LogP contribution is 2.71. The lowest BCUT2D eigenvalue weighted by molar-refractivity contribution is -0.0397. The Hall–Kier alpha value is -4.62. The van der Waals surface area contributed by atoms with Crippen LogP contribution in [0, 0.1) is 23.7 Å². The predicted octanol–water partition coefficient (Wildman–Crippen LogP) is 11.7. The second kappa shape index (κ2) is 9.69. The molecule has 1 nitrogen and oxygen atoms in total. The van der Waals surface area contributed by atoms with E-state index in [9.17, 15) is 0 Å². The van der Waals surface area contributed by atoms with Gasteiger partial charge < -0.3 is 4.90 Å². The zero-order chi connectivity index (χ0) is 29.5. The average molecular weight is 580 g/mol. The molecular weight excluding hydrogens is 542 g/mol. The normalized spacial score (nSPS) is 25.4. The highest BCUT2D eigenvalue weighted by Gasteiger charge is 2.62. The van der Waals surface area contributed by atoms with E-state index in [1.54, 1.807) is 11.1 Å². The van der Waals surface area contributed by atoms with Crippen LogP contribution in [-0.4, -0.2) is 0 Å². The molecule has 0 unspecified atom stereocenters. The summed E-state index contributed by atoms with van der Waals surface area (Å²) < 4.78 is 0. The second-order valence-electron chi connectivity index (χ2n) is 14.2. The number of fused-ring (bicyclic) bond motifs is 4. The van der Waals surface area contributed by atoms with Gasteiger partial charge in [-0.3, -0.25) is 0 Å². The maximum Gasteiger partial charge on any atom is 0.0540 e. The fourth-order valence-electron chi connectivity index (χ4n) is 10.6. The van der Waals surface area contributed by atoms with Crippen LogP contribution in [0.1, 0.15) is 43.2 Å². The fraction of sp³-hybridized carbons (Fsp3) is 0.227. The molecule has 0 amide bonds. The zero-order valence-corrected chi connectivity index (χ0v) is 25.6. The third kappa shape index (κ3) is 3.61. The number of hydrogen-bond acceptors (Lipinski definition) is 1. The SMILES string of the molecule is c1ccc(-c2cccc(N(c3cccc4c3C3(c5ccccc5-4)C4CC5CC(C4)CC3C5)c3cccc4ccccc34)c2)cc1. The molecule has 5 aliphatic rings. The summed E-state index contributed by atoms with van der Waals surface area (Å²) in [5, 5.41) is 2.57. The van der Waals surface area contributed by atoms with E-state index in [0.29, 0.717) is 11.8 Å². The smallest absolute Gasteiger partial charge is 0.0540 e. The largest absolute Gasteiger partial charge is 0.310 e. The molecule has 1 heteroatoms. The van der Waals surface area contributed by atoms with Crippen molar-refractivity contribution in [3.63, 3.8) is 0 Å². The van der Waals surface area contributed by atoms with Crippen LogP contribution in [0.25, 0.3) is 33.0 Å². The van der Waals surface area contributed by atoms with Crippen LogP contribution in [0.4, 0.5) is 17.1 Å². The molecule has 45 heavy (non-hydrogen) atoms. The Morgan fingerprint density at radius 2 is 1.11 bits per heavy atom. The lowest BCUT2D eigenvalue weighted by atomic mass is 9.43. The molecule has 0 N–H and O–H groups in total. The minimum absolute atomic E-state index is 0.0792. The molecule has 0 aromatic heterocycles. The summed E-state index contributed by atoms with van der Waals surface area (Å²) in [6.07, 6.45) is 6.99. The minimum atomic E-state index is 0.0792. The average Bonchev–Trinajstić information content (AvgIpc) is 3.39. The number of benzene rings is 6. The van der Waals surface area contributed by atoms with Crippen LogP contribution < -0.4 is 4.90 Å². The molecule has 11 rings (SSSR count). The Morgan fingerprint density at radius 1 is 0.489 bits per heavy atom. The van der Waals surface area contributed by atoms with Crippen molar-refractivity contribution in [3.05, 3.63) is 151 Å². The van der Waals surface area contributed by atoms with Crippen molar-refractivity contribution >= 4 is 27.8 Å². The maximum atomic E-state index is 2.62. The topological polar surface area (TPSA) is 3.24 Å². The third-order valence-corrected chi connectivity index (χ3v) is 12.0. The van der Waals surface area contributed by atoms with Gasteiger partial charge in [-0.25, -0.2) is 0 Å².